The van der Waals surface area contributed by atoms with Gasteiger partial charge in [-0.15, -0.1) is 0 Å². The molecule has 0 saturated carbocycles. The Morgan fingerprint density at radius 2 is 2.11 bits per heavy atom. The van der Waals surface area contributed by atoms with E-state index in [1.165, 1.54) is 5.56 Å². The van der Waals surface area contributed by atoms with Crippen molar-refractivity contribution in [3.8, 4) is 5.75 Å². The third-order valence-electron chi connectivity index (χ3n) is 3.19. The van der Waals surface area contributed by atoms with Gasteiger partial charge in [-0.3, -0.25) is 4.79 Å². The monoisotopic (exact) mass is 247 g/mol. The zero-order valence-corrected chi connectivity index (χ0v) is 11.5. The molecule has 0 saturated heterocycles. The van der Waals surface area contributed by atoms with Crippen LogP contribution >= 0.6 is 0 Å². The van der Waals surface area contributed by atoms with Crippen LogP contribution in [0, 0.1) is 12.3 Å². The molecule has 1 unspecified atom stereocenters. The predicted octanol–water partition coefficient (Wildman–Crippen LogP) is 2.98. The molecule has 98 valence electrons. The number of hydrogen-bond acceptors (Lipinski definition) is 2. The minimum absolute atomic E-state index is 0.0698. The number of hydrogen-bond donors (Lipinski definition) is 1. The van der Waals surface area contributed by atoms with Crippen LogP contribution in [0.3, 0.4) is 0 Å². The second-order valence-electron chi connectivity index (χ2n) is 5.95. The first-order valence-electron chi connectivity index (χ1n) is 6.42. The highest BCUT2D eigenvalue weighted by molar-refractivity contribution is 5.81. The van der Waals surface area contributed by atoms with E-state index in [1.54, 1.807) is 0 Å². The minimum atomic E-state index is -0.359. The lowest BCUT2D eigenvalue weighted by Gasteiger charge is -2.29. The van der Waals surface area contributed by atoms with Crippen molar-refractivity contribution in [2.75, 3.05) is 6.61 Å². The van der Waals surface area contributed by atoms with Gasteiger partial charge in [0.05, 0.1) is 12.6 Å². The summed E-state index contributed by atoms with van der Waals surface area (Å²) < 4.78 is 5.62. The topological polar surface area (TPSA) is 38.3 Å². The minimum Gasteiger partial charge on any atom is -0.493 e. The molecule has 0 fully saturated rings. The molecule has 0 bridgehead atoms. The summed E-state index contributed by atoms with van der Waals surface area (Å²) in [5.41, 5.74) is 1.93. The van der Waals surface area contributed by atoms with E-state index in [1.807, 2.05) is 32.9 Å². The Kier molecular flexibility index (Phi) is 3.33. The van der Waals surface area contributed by atoms with Gasteiger partial charge in [-0.25, -0.2) is 0 Å². The number of carbonyl (C=O) groups is 1. The molecule has 0 spiro atoms. The summed E-state index contributed by atoms with van der Waals surface area (Å²) >= 11 is 0. The number of carbonyl (C=O) groups excluding carboxylic acids is 1. The second-order valence-corrected chi connectivity index (χ2v) is 5.95. The third-order valence-corrected chi connectivity index (χ3v) is 3.19. The van der Waals surface area contributed by atoms with Crippen molar-refractivity contribution in [3.05, 3.63) is 29.3 Å². The van der Waals surface area contributed by atoms with E-state index < -0.39 is 0 Å². The molecule has 2 rings (SSSR count). The van der Waals surface area contributed by atoms with Crippen LogP contribution in [0.25, 0.3) is 0 Å². The van der Waals surface area contributed by atoms with Crippen LogP contribution in [0.5, 0.6) is 5.75 Å². The Bertz CT molecular complexity index is 460. The molecule has 0 aromatic heterocycles. The van der Waals surface area contributed by atoms with Gasteiger partial charge in [-0.05, 0) is 13.0 Å². The summed E-state index contributed by atoms with van der Waals surface area (Å²) in [4.78, 5) is 12.1. The van der Waals surface area contributed by atoms with Gasteiger partial charge in [0.15, 0.2) is 0 Å². The second kappa shape index (κ2) is 4.63. The van der Waals surface area contributed by atoms with Gasteiger partial charge in [0.1, 0.15) is 5.75 Å². The molecule has 18 heavy (non-hydrogen) atoms. The zero-order valence-electron chi connectivity index (χ0n) is 11.5. The van der Waals surface area contributed by atoms with Crippen molar-refractivity contribution < 1.29 is 9.53 Å². The Morgan fingerprint density at radius 1 is 1.39 bits per heavy atom. The van der Waals surface area contributed by atoms with Gasteiger partial charge < -0.3 is 10.1 Å². The Morgan fingerprint density at radius 3 is 2.78 bits per heavy atom. The van der Waals surface area contributed by atoms with Crippen LogP contribution in [0.15, 0.2) is 18.2 Å². The lowest BCUT2D eigenvalue weighted by atomic mass is 9.93. The lowest BCUT2D eigenvalue weighted by Crippen LogP contribution is -2.39. The number of amides is 1. The number of rotatable bonds is 1. The first-order chi connectivity index (χ1) is 8.38. The van der Waals surface area contributed by atoms with Gasteiger partial charge >= 0.3 is 0 Å². The Balaban J connectivity index is 2.22. The highest BCUT2D eigenvalue weighted by Gasteiger charge is 2.28. The summed E-state index contributed by atoms with van der Waals surface area (Å²) in [5.74, 6) is 0.980. The average molecular weight is 247 g/mol. The lowest BCUT2D eigenvalue weighted by molar-refractivity contribution is -0.129. The highest BCUT2D eigenvalue weighted by Crippen LogP contribution is 2.33. The van der Waals surface area contributed by atoms with Gasteiger partial charge in [-0.2, -0.15) is 0 Å². The van der Waals surface area contributed by atoms with E-state index in [0.29, 0.717) is 6.61 Å². The summed E-state index contributed by atoms with van der Waals surface area (Å²) in [7, 11) is 0. The van der Waals surface area contributed by atoms with Crippen LogP contribution in [0.2, 0.25) is 0 Å². The van der Waals surface area contributed by atoms with E-state index in [4.69, 9.17) is 4.74 Å². The van der Waals surface area contributed by atoms with Crippen LogP contribution < -0.4 is 10.1 Å². The summed E-state index contributed by atoms with van der Waals surface area (Å²) in [6.45, 7) is 8.50. The van der Waals surface area contributed by atoms with Gasteiger partial charge in [0.2, 0.25) is 5.91 Å². The largest absolute Gasteiger partial charge is 0.493 e. The van der Waals surface area contributed by atoms with Crippen molar-refractivity contribution in [2.24, 2.45) is 5.41 Å². The maximum absolute atomic E-state index is 12.1. The smallest absolute Gasteiger partial charge is 0.225 e. The first kappa shape index (κ1) is 12.9. The number of benzene rings is 1. The molecule has 1 aromatic rings. The number of nitrogens with one attached hydrogen (secondary N) is 1. The molecule has 0 radical (unpaired) electrons. The van der Waals surface area contributed by atoms with E-state index in [0.717, 1.165) is 17.7 Å². The molecule has 1 aromatic carbocycles. The first-order valence-corrected chi connectivity index (χ1v) is 6.42. The molecule has 1 N–H and O–H groups in total. The molecule has 3 nitrogen and oxygen atoms in total. The SMILES string of the molecule is Cc1ccc2c(c1)C(NC(=O)C(C)(C)C)CCO2. The van der Waals surface area contributed by atoms with Crippen molar-refractivity contribution in [1.82, 2.24) is 5.32 Å². The van der Waals surface area contributed by atoms with E-state index in [-0.39, 0.29) is 17.4 Å². The van der Waals surface area contributed by atoms with Crippen LogP contribution in [-0.4, -0.2) is 12.5 Å². The maximum atomic E-state index is 12.1. The number of fused-ring (bicyclic) bond motifs is 1. The summed E-state index contributed by atoms with van der Waals surface area (Å²) in [5, 5.41) is 3.12. The molecule has 1 amide bonds. The Labute approximate surface area is 109 Å². The summed E-state index contributed by atoms with van der Waals surface area (Å²) in [6, 6.07) is 6.19. The molecule has 1 atom stereocenters. The summed E-state index contributed by atoms with van der Waals surface area (Å²) in [6.07, 6.45) is 0.832. The van der Waals surface area contributed by atoms with Gasteiger partial charge in [-0.1, -0.05) is 38.5 Å². The average Bonchev–Trinajstić information content (AvgIpc) is 2.28. The standard InChI is InChI=1S/C15H21NO2/c1-10-5-6-13-11(9-10)12(7-8-18-13)16-14(17)15(2,3)4/h5-6,9,12H,7-8H2,1-4H3,(H,16,17). The number of ether oxygens (including phenoxy) is 1. The van der Waals surface area contributed by atoms with E-state index in [9.17, 15) is 4.79 Å². The van der Waals surface area contributed by atoms with Crippen LogP contribution in [-0.2, 0) is 4.79 Å². The maximum Gasteiger partial charge on any atom is 0.225 e. The number of aryl methyl sites for hydroxylation is 1. The van der Waals surface area contributed by atoms with Crippen LogP contribution in [0.4, 0.5) is 0 Å². The quantitative estimate of drug-likeness (QED) is 0.828. The molecular weight excluding hydrogens is 226 g/mol. The predicted molar refractivity (Wildman–Crippen MR) is 71.6 cm³/mol. The molecule has 1 aliphatic rings. The zero-order chi connectivity index (χ0) is 13.3. The normalized spacial score (nSPS) is 18.8. The van der Waals surface area contributed by atoms with Gasteiger partial charge in [0.25, 0.3) is 0 Å². The third kappa shape index (κ3) is 2.66. The Hall–Kier alpha value is -1.51. The van der Waals surface area contributed by atoms with Gasteiger partial charge in [0, 0.05) is 17.4 Å². The van der Waals surface area contributed by atoms with Crippen molar-refractivity contribution in [3.63, 3.8) is 0 Å². The molecule has 1 heterocycles. The van der Waals surface area contributed by atoms with E-state index >= 15 is 0 Å². The fourth-order valence-electron chi connectivity index (χ4n) is 2.04. The van der Waals surface area contributed by atoms with Crippen molar-refractivity contribution in [2.45, 2.75) is 40.2 Å². The highest BCUT2D eigenvalue weighted by atomic mass is 16.5. The fourth-order valence-corrected chi connectivity index (χ4v) is 2.04. The molecule has 0 aliphatic carbocycles. The fraction of sp³-hybridized carbons (Fsp3) is 0.533. The van der Waals surface area contributed by atoms with E-state index in [2.05, 4.69) is 18.3 Å². The van der Waals surface area contributed by atoms with Crippen molar-refractivity contribution in [1.29, 1.82) is 0 Å². The van der Waals surface area contributed by atoms with Crippen LogP contribution in [0.1, 0.15) is 44.4 Å². The molecule has 3 heteroatoms. The van der Waals surface area contributed by atoms with Crippen molar-refractivity contribution >= 4 is 5.91 Å². The molecular formula is C15H21NO2. The molecule has 1 aliphatic heterocycles.